The van der Waals surface area contributed by atoms with E-state index in [9.17, 15) is 14.9 Å². The quantitative estimate of drug-likeness (QED) is 0.470. The molecule has 0 aromatic heterocycles. The van der Waals surface area contributed by atoms with Gasteiger partial charge in [0.05, 0.1) is 18.1 Å². The number of nitro groups is 1. The molecule has 0 aliphatic heterocycles. The van der Waals surface area contributed by atoms with Crippen molar-refractivity contribution in [1.82, 2.24) is 5.32 Å². The lowest BCUT2D eigenvalue weighted by molar-refractivity contribution is -0.384. The Morgan fingerprint density at radius 3 is 2.38 bits per heavy atom. The summed E-state index contributed by atoms with van der Waals surface area (Å²) in [6, 6.07) is 11.5. The second kappa shape index (κ2) is 8.39. The highest BCUT2D eigenvalue weighted by molar-refractivity contribution is 7.80. The molecule has 1 amide bonds. The summed E-state index contributed by atoms with van der Waals surface area (Å²) in [6.45, 7) is 4.13. The van der Waals surface area contributed by atoms with Crippen molar-refractivity contribution in [1.29, 1.82) is 0 Å². The molecule has 2 aromatic carbocycles. The maximum atomic E-state index is 12.3. The van der Waals surface area contributed by atoms with Crippen molar-refractivity contribution in [2.45, 2.75) is 19.8 Å². The molecule has 2 rings (SSSR count). The number of nitrogens with zero attached hydrogens (tertiary/aromatic N) is 1. The van der Waals surface area contributed by atoms with E-state index in [1.165, 1.54) is 19.2 Å². The van der Waals surface area contributed by atoms with Crippen LogP contribution in [0.1, 0.15) is 35.7 Å². The predicted octanol–water partition coefficient (Wildman–Crippen LogP) is 3.85. The van der Waals surface area contributed by atoms with Gasteiger partial charge in [-0.2, -0.15) is 0 Å². The Morgan fingerprint density at radius 1 is 1.19 bits per heavy atom. The Morgan fingerprint density at radius 2 is 1.85 bits per heavy atom. The second-order valence-corrected chi connectivity index (χ2v) is 6.23. The Balaban J connectivity index is 2.08. The van der Waals surface area contributed by atoms with Crippen LogP contribution in [0.5, 0.6) is 5.75 Å². The number of carbonyl (C=O) groups is 1. The summed E-state index contributed by atoms with van der Waals surface area (Å²) in [5.41, 5.74) is 1.53. The lowest BCUT2D eigenvalue weighted by Crippen LogP contribution is -2.34. The predicted molar refractivity (Wildman–Crippen MR) is 104 cm³/mol. The number of amides is 1. The number of nitrogens with one attached hydrogen (secondary N) is 2. The molecule has 2 aromatic rings. The van der Waals surface area contributed by atoms with E-state index in [0.29, 0.717) is 17.2 Å². The van der Waals surface area contributed by atoms with E-state index >= 15 is 0 Å². The van der Waals surface area contributed by atoms with E-state index in [-0.39, 0.29) is 16.5 Å². The fourth-order valence-electron chi connectivity index (χ4n) is 2.24. The lowest BCUT2D eigenvalue weighted by Gasteiger charge is -2.11. The molecule has 0 heterocycles. The zero-order chi connectivity index (χ0) is 19.3. The number of rotatable bonds is 5. The first kappa shape index (κ1) is 19.3. The van der Waals surface area contributed by atoms with E-state index in [2.05, 4.69) is 24.5 Å². The molecule has 0 radical (unpaired) electrons. The van der Waals surface area contributed by atoms with Crippen LogP contribution in [0.3, 0.4) is 0 Å². The molecule has 0 atom stereocenters. The summed E-state index contributed by atoms with van der Waals surface area (Å²) in [5, 5.41) is 16.3. The van der Waals surface area contributed by atoms with Crippen molar-refractivity contribution in [3.8, 4) is 5.75 Å². The van der Waals surface area contributed by atoms with Crippen LogP contribution < -0.4 is 15.4 Å². The molecule has 2 N–H and O–H groups in total. The zero-order valence-electron chi connectivity index (χ0n) is 14.6. The van der Waals surface area contributed by atoms with Crippen LogP contribution in [0.25, 0.3) is 0 Å². The molecule has 0 saturated carbocycles. The molecule has 26 heavy (non-hydrogen) atoms. The third kappa shape index (κ3) is 4.76. The van der Waals surface area contributed by atoms with Gasteiger partial charge >= 0.3 is 0 Å². The van der Waals surface area contributed by atoms with Crippen molar-refractivity contribution in [2.75, 3.05) is 12.4 Å². The number of nitro benzene ring substituents is 1. The molecule has 0 saturated heterocycles. The van der Waals surface area contributed by atoms with Gasteiger partial charge in [-0.1, -0.05) is 26.0 Å². The zero-order valence-corrected chi connectivity index (χ0v) is 15.4. The fraction of sp³-hybridized carbons (Fsp3) is 0.222. The molecule has 0 aliphatic carbocycles. The number of benzene rings is 2. The Bertz CT molecular complexity index is 835. The first-order chi connectivity index (χ1) is 12.3. The van der Waals surface area contributed by atoms with Crippen LogP contribution in [0, 0.1) is 10.1 Å². The van der Waals surface area contributed by atoms with Gasteiger partial charge in [0.1, 0.15) is 11.4 Å². The van der Waals surface area contributed by atoms with E-state index in [4.69, 9.17) is 17.0 Å². The summed E-state index contributed by atoms with van der Waals surface area (Å²) in [4.78, 5) is 22.9. The van der Waals surface area contributed by atoms with Gasteiger partial charge in [-0.05, 0) is 48.0 Å². The average Bonchev–Trinajstić information content (AvgIpc) is 2.61. The Labute approximate surface area is 156 Å². The number of ether oxygens (including phenoxy) is 1. The second-order valence-electron chi connectivity index (χ2n) is 5.83. The number of hydrogen-bond donors (Lipinski definition) is 2. The van der Waals surface area contributed by atoms with Gasteiger partial charge in [-0.3, -0.25) is 20.2 Å². The van der Waals surface area contributed by atoms with Gasteiger partial charge in [0.25, 0.3) is 11.6 Å². The van der Waals surface area contributed by atoms with Crippen molar-refractivity contribution in [3.63, 3.8) is 0 Å². The molecule has 0 aliphatic rings. The maximum absolute atomic E-state index is 12.3. The van der Waals surface area contributed by atoms with Crippen molar-refractivity contribution >= 4 is 34.6 Å². The molecular weight excluding hydrogens is 354 g/mol. The maximum Gasteiger partial charge on any atom is 0.296 e. The minimum Gasteiger partial charge on any atom is -0.496 e. The number of hydrogen-bond acceptors (Lipinski definition) is 5. The van der Waals surface area contributed by atoms with Crippen LogP contribution >= 0.6 is 12.2 Å². The number of methoxy groups -OCH3 is 1. The van der Waals surface area contributed by atoms with Crippen molar-refractivity contribution < 1.29 is 14.5 Å². The van der Waals surface area contributed by atoms with Crippen LogP contribution in [0.2, 0.25) is 0 Å². The number of thiocarbonyl (C=S) groups is 1. The lowest BCUT2D eigenvalue weighted by atomic mass is 10.0. The first-order valence-electron chi connectivity index (χ1n) is 7.86. The summed E-state index contributed by atoms with van der Waals surface area (Å²) in [5.74, 6) is 0.321. The van der Waals surface area contributed by atoms with Crippen LogP contribution in [-0.4, -0.2) is 23.1 Å². The monoisotopic (exact) mass is 373 g/mol. The van der Waals surface area contributed by atoms with Crippen molar-refractivity contribution in [2.24, 2.45) is 0 Å². The summed E-state index contributed by atoms with van der Waals surface area (Å²) in [7, 11) is 1.42. The van der Waals surface area contributed by atoms with Crippen molar-refractivity contribution in [3.05, 3.63) is 63.7 Å². The minimum absolute atomic E-state index is 0.0313. The van der Waals surface area contributed by atoms with E-state index in [1.807, 2.05) is 12.1 Å². The average molecular weight is 373 g/mol. The smallest absolute Gasteiger partial charge is 0.296 e. The molecular formula is C18H19N3O4S. The summed E-state index contributed by atoms with van der Waals surface area (Å²) < 4.78 is 4.98. The van der Waals surface area contributed by atoms with Gasteiger partial charge in [-0.15, -0.1) is 0 Å². The molecule has 7 nitrogen and oxygen atoms in total. The molecule has 8 heteroatoms. The minimum atomic E-state index is -0.556. The highest BCUT2D eigenvalue weighted by atomic mass is 32.1. The van der Waals surface area contributed by atoms with E-state index in [0.717, 1.165) is 5.56 Å². The summed E-state index contributed by atoms with van der Waals surface area (Å²) in [6.07, 6.45) is 0. The molecule has 0 bridgehead atoms. The standard InChI is InChI=1S/C18H19N3O4S/c1-11(2)12-4-6-13(7-5-12)17(22)20-18(26)19-15-9-8-14(25-3)10-16(15)21(23)24/h4-11H,1-3H3,(H2,19,20,22,26). The Kier molecular flexibility index (Phi) is 6.24. The van der Waals surface area contributed by atoms with Crippen LogP contribution in [-0.2, 0) is 0 Å². The third-order valence-electron chi connectivity index (χ3n) is 3.72. The molecule has 136 valence electrons. The topological polar surface area (TPSA) is 93.5 Å². The van der Waals surface area contributed by atoms with Crippen LogP contribution in [0.4, 0.5) is 11.4 Å². The fourth-order valence-corrected chi connectivity index (χ4v) is 2.45. The number of carbonyl (C=O) groups excluding carboxylic acids is 1. The van der Waals surface area contributed by atoms with E-state index < -0.39 is 10.8 Å². The van der Waals surface area contributed by atoms with E-state index in [1.54, 1.807) is 18.2 Å². The number of anilines is 1. The van der Waals surface area contributed by atoms with Gasteiger partial charge < -0.3 is 10.1 Å². The highest BCUT2D eigenvalue weighted by Crippen LogP contribution is 2.28. The van der Waals surface area contributed by atoms with Crippen LogP contribution in [0.15, 0.2) is 42.5 Å². The Hall–Kier alpha value is -3.00. The molecule has 0 spiro atoms. The van der Waals surface area contributed by atoms with Gasteiger partial charge in [0.2, 0.25) is 0 Å². The van der Waals surface area contributed by atoms with Gasteiger partial charge in [0.15, 0.2) is 5.11 Å². The largest absolute Gasteiger partial charge is 0.496 e. The normalized spacial score (nSPS) is 10.3. The molecule has 0 fully saturated rings. The van der Waals surface area contributed by atoms with Gasteiger partial charge in [-0.25, -0.2) is 0 Å². The summed E-state index contributed by atoms with van der Waals surface area (Å²) >= 11 is 5.09. The molecule has 0 unspecified atom stereocenters. The third-order valence-corrected chi connectivity index (χ3v) is 3.92. The SMILES string of the molecule is COc1ccc(NC(=S)NC(=O)c2ccc(C(C)C)cc2)c([N+](=O)[O-])c1. The first-order valence-corrected chi connectivity index (χ1v) is 8.27. The highest BCUT2D eigenvalue weighted by Gasteiger charge is 2.17. The van der Waals surface area contributed by atoms with Gasteiger partial charge in [0, 0.05) is 5.56 Å².